The topological polar surface area (TPSA) is 15.6 Å². The Morgan fingerprint density at radius 2 is 1.38 bits per heavy atom. The van der Waals surface area contributed by atoms with Crippen LogP contribution in [0.4, 0.5) is 0 Å². The monoisotopic (exact) mass is 338 g/mol. The summed E-state index contributed by atoms with van der Waals surface area (Å²) in [5.41, 5.74) is 5.61. The fraction of sp³-hybridized carbons (Fsp3) is 0.208. The van der Waals surface area contributed by atoms with Gasteiger partial charge in [0.05, 0.1) is 12.6 Å². The molecule has 0 fully saturated rings. The first kappa shape index (κ1) is 15.4. The molecule has 0 amide bonds. The van der Waals surface area contributed by atoms with Crippen molar-refractivity contribution < 1.29 is 0 Å². The molecule has 2 nitrogen and oxygen atoms in total. The Labute approximate surface area is 154 Å². The van der Waals surface area contributed by atoms with Gasteiger partial charge in [-0.3, -0.25) is 4.99 Å². The molecule has 0 N–H and O–H groups in total. The zero-order chi connectivity index (χ0) is 17.3. The highest BCUT2D eigenvalue weighted by atomic mass is 15.3. The van der Waals surface area contributed by atoms with E-state index in [0.29, 0.717) is 12.0 Å². The normalized spacial score (nSPS) is 21.5. The van der Waals surface area contributed by atoms with Gasteiger partial charge in [-0.05, 0) is 22.3 Å². The first-order chi connectivity index (χ1) is 12.9. The number of benzene rings is 3. The second-order valence-electron chi connectivity index (χ2n) is 7.17. The standard InChI is InChI=1S/C24H22N2/c1-3-9-18(10-4-1)22-17-26-23(19-11-5-2-6-12-19)16-25-24(26)15-20-13-7-8-14-21(20)22/h1-14,22-23H,15-17H2. The largest absolute Gasteiger partial charge is 0.350 e. The van der Waals surface area contributed by atoms with Crippen LogP contribution in [0.2, 0.25) is 0 Å². The molecule has 0 spiro atoms. The highest BCUT2D eigenvalue weighted by Crippen LogP contribution is 2.37. The third kappa shape index (κ3) is 2.62. The van der Waals surface area contributed by atoms with E-state index in [2.05, 4.69) is 89.8 Å². The quantitative estimate of drug-likeness (QED) is 0.653. The first-order valence-corrected chi connectivity index (χ1v) is 9.38. The molecule has 0 saturated carbocycles. The highest BCUT2D eigenvalue weighted by molar-refractivity contribution is 5.87. The molecule has 5 rings (SSSR count). The third-order valence-electron chi connectivity index (χ3n) is 5.70. The zero-order valence-electron chi connectivity index (χ0n) is 14.8. The van der Waals surface area contributed by atoms with Crippen molar-refractivity contribution in [3.63, 3.8) is 0 Å². The lowest BCUT2D eigenvalue weighted by Crippen LogP contribution is -2.33. The maximum absolute atomic E-state index is 4.95. The van der Waals surface area contributed by atoms with Crippen LogP contribution in [-0.2, 0) is 6.42 Å². The summed E-state index contributed by atoms with van der Waals surface area (Å²) in [7, 11) is 0. The average Bonchev–Trinajstić information content (AvgIpc) is 3.02. The lowest BCUT2D eigenvalue weighted by Gasteiger charge is -2.30. The van der Waals surface area contributed by atoms with Crippen LogP contribution in [0.3, 0.4) is 0 Å². The fourth-order valence-corrected chi connectivity index (χ4v) is 4.38. The van der Waals surface area contributed by atoms with Gasteiger partial charge in [-0.2, -0.15) is 0 Å². The second-order valence-corrected chi connectivity index (χ2v) is 7.17. The molecule has 2 unspecified atom stereocenters. The van der Waals surface area contributed by atoms with Crippen molar-refractivity contribution in [1.29, 1.82) is 0 Å². The van der Waals surface area contributed by atoms with Crippen LogP contribution in [0.15, 0.2) is 89.9 Å². The molecule has 0 aromatic heterocycles. The van der Waals surface area contributed by atoms with Crippen molar-refractivity contribution in [2.45, 2.75) is 18.4 Å². The zero-order valence-corrected chi connectivity index (χ0v) is 14.8. The van der Waals surface area contributed by atoms with Crippen molar-refractivity contribution >= 4 is 5.84 Å². The van der Waals surface area contributed by atoms with Crippen molar-refractivity contribution in [3.05, 3.63) is 107 Å². The summed E-state index contributed by atoms with van der Waals surface area (Å²) < 4.78 is 0. The molecule has 2 aliphatic rings. The maximum atomic E-state index is 4.95. The number of nitrogens with zero attached hydrogens (tertiary/aromatic N) is 2. The van der Waals surface area contributed by atoms with Gasteiger partial charge in [0, 0.05) is 18.9 Å². The number of fused-ring (bicyclic) bond motifs is 2. The molecule has 0 saturated heterocycles. The van der Waals surface area contributed by atoms with E-state index in [1.165, 1.54) is 28.1 Å². The van der Waals surface area contributed by atoms with Crippen molar-refractivity contribution in [2.75, 3.05) is 13.1 Å². The minimum Gasteiger partial charge on any atom is -0.350 e. The minimum absolute atomic E-state index is 0.353. The molecule has 0 aliphatic carbocycles. The molecule has 3 aromatic carbocycles. The molecule has 3 aromatic rings. The third-order valence-corrected chi connectivity index (χ3v) is 5.70. The number of aliphatic imine (C=N–C) groups is 1. The molecular formula is C24H22N2. The Balaban J connectivity index is 1.58. The number of rotatable bonds is 2. The van der Waals surface area contributed by atoms with Crippen LogP contribution in [0, 0.1) is 0 Å². The van der Waals surface area contributed by atoms with E-state index in [4.69, 9.17) is 4.99 Å². The second kappa shape index (κ2) is 6.45. The van der Waals surface area contributed by atoms with E-state index in [-0.39, 0.29) is 0 Å². The van der Waals surface area contributed by atoms with Crippen molar-refractivity contribution in [2.24, 2.45) is 4.99 Å². The average molecular weight is 338 g/mol. The van der Waals surface area contributed by atoms with E-state index in [0.717, 1.165) is 19.5 Å². The van der Waals surface area contributed by atoms with Gasteiger partial charge in [0.25, 0.3) is 0 Å². The molecule has 0 radical (unpaired) electrons. The Hall–Kier alpha value is -2.87. The van der Waals surface area contributed by atoms with Crippen LogP contribution in [0.5, 0.6) is 0 Å². The molecule has 128 valence electrons. The van der Waals surface area contributed by atoms with Crippen LogP contribution < -0.4 is 0 Å². The summed E-state index contributed by atoms with van der Waals surface area (Å²) >= 11 is 0. The summed E-state index contributed by atoms with van der Waals surface area (Å²) in [5, 5.41) is 0. The first-order valence-electron chi connectivity index (χ1n) is 9.38. The van der Waals surface area contributed by atoms with Gasteiger partial charge in [-0.25, -0.2) is 0 Å². The van der Waals surface area contributed by atoms with Crippen molar-refractivity contribution in [1.82, 2.24) is 4.90 Å². The van der Waals surface area contributed by atoms with Crippen LogP contribution in [-0.4, -0.2) is 23.8 Å². The predicted octanol–water partition coefficient (Wildman–Crippen LogP) is 4.83. The number of hydrogen-bond donors (Lipinski definition) is 0. The van der Waals surface area contributed by atoms with Gasteiger partial charge in [0.15, 0.2) is 0 Å². The van der Waals surface area contributed by atoms with E-state index < -0.39 is 0 Å². The SMILES string of the molecule is c1ccc(C2CN3C(=NCC3c3ccccc3)Cc3ccccc32)cc1. The van der Waals surface area contributed by atoms with E-state index >= 15 is 0 Å². The molecule has 2 heteroatoms. The highest BCUT2D eigenvalue weighted by Gasteiger charge is 2.35. The molecule has 2 heterocycles. The smallest absolute Gasteiger partial charge is 0.104 e. The molecular weight excluding hydrogens is 316 g/mol. The predicted molar refractivity (Wildman–Crippen MR) is 107 cm³/mol. The summed E-state index contributed by atoms with van der Waals surface area (Å²) in [6, 6.07) is 31.0. The number of hydrogen-bond acceptors (Lipinski definition) is 2. The molecule has 2 aliphatic heterocycles. The molecule has 0 bridgehead atoms. The summed E-state index contributed by atoms with van der Waals surface area (Å²) in [5.74, 6) is 1.62. The Morgan fingerprint density at radius 1 is 0.731 bits per heavy atom. The lowest BCUT2D eigenvalue weighted by molar-refractivity contribution is 0.339. The fourth-order valence-electron chi connectivity index (χ4n) is 4.38. The van der Waals surface area contributed by atoms with E-state index in [1.54, 1.807) is 0 Å². The van der Waals surface area contributed by atoms with Gasteiger partial charge >= 0.3 is 0 Å². The Bertz CT molecular complexity index is 931. The van der Waals surface area contributed by atoms with Gasteiger partial charge in [0.1, 0.15) is 5.84 Å². The summed E-state index contributed by atoms with van der Waals surface area (Å²) in [6.07, 6.45) is 0.933. The van der Waals surface area contributed by atoms with Crippen LogP contribution in [0.1, 0.15) is 34.2 Å². The maximum Gasteiger partial charge on any atom is 0.104 e. The Kier molecular flexibility index (Phi) is 3.82. The van der Waals surface area contributed by atoms with Gasteiger partial charge in [-0.15, -0.1) is 0 Å². The van der Waals surface area contributed by atoms with Gasteiger partial charge in [-0.1, -0.05) is 84.9 Å². The van der Waals surface area contributed by atoms with Crippen LogP contribution in [0.25, 0.3) is 0 Å². The van der Waals surface area contributed by atoms with E-state index in [1.807, 2.05) is 0 Å². The van der Waals surface area contributed by atoms with Gasteiger partial charge in [0.2, 0.25) is 0 Å². The van der Waals surface area contributed by atoms with E-state index in [9.17, 15) is 0 Å². The Morgan fingerprint density at radius 3 is 2.15 bits per heavy atom. The number of amidine groups is 1. The minimum atomic E-state index is 0.353. The summed E-state index contributed by atoms with van der Waals surface area (Å²) in [6.45, 7) is 1.85. The molecule has 2 atom stereocenters. The van der Waals surface area contributed by atoms with Crippen LogP contribution >= 0.6 is 0 Å². The van der Waals surface area contributed by atoms with Crippen molar-refractivity contribution in [3.8, 4) is 0 Å². The molecule has 26 heavy (non-hydrogen) atoms. The summed E-state index contributed by atoms with van der Waals surface area (Å²) in [4.78, 5) is 7.49. The lowest BCUT2D eigenvalue weighted by atomic mass is 9.88. The van der Waals surface area contributed by atoms with Gasteiger partial charge < -0.3 is 4.90 Å².